The van der Waals surface area contributed by atoms with Crippen LogP contribution in [0.1, 0.15) is 56.0 Å². The number of hydrogen-bond acceptors (Lipinski definition) is 2. The molecule has 0 spiro atoms. The third-order valence-corrected chi connectivity index (χ3v) is 3.23. The lowest BCUT2D eigenvalue weighted by atomic mass is 9.86. The van der Waals surface area contributed by atoms with E-state index in [0.717, 1.165) is 24.8 Å². The summed E-state index contributed by atoms with van der Waals surface area (Å²) >= 11 is 0. The minimum absolute atomic E-state index is 0.395. The molecule has 0 saturated heterocycles. The molecule has 0 bridgehead atoms. The lowest BCUT2D eigenvalue weighted by Gasteiger charge is -2.31. The van der Waals surface area contributed by atoms with E-state index < -0.39 is 11.5 Å². The number of ether oxygens (including phenoxy) is 1. The molecule has 0 fully saturated rings. The number of hydrogen-bond donors (Lipinski definition) is 1. The highest BCUT2D eigenvalue weighted by molar-refractivity contribution is 5.94. The molecular formula is C15H23NO2. The van der Waals surface area contributed by atoms with Crippen LogP contribution in [0, 0.1) is 0 Å². The second kappa shape index (κ2) is 6.55. The van der Waals surface area contributed by atoms with Crippen LogP contribution in [0.2, 0.25) is 0 Å². The van der Waals surface area contributed by atoms with Gasteiger partial charge in [0.05, 0.1) is 5.60 Å². The second-order valence-corrected chi connectivity index (χ2v) is 4.68. The highest BCUT2D eigenvalue weighted by Crippen LogP contribution is 2.33. The van der Waals surface area contributed by atoms with Crippen molar-refractivity contribution in [2.75, 3.05) is 6.61 Å². The first-order valence-electron chi connectivity index (χ1n) is 6.58. The third kappa shape index (κ3) is 3.33. The van der Waals surface area contributed by atoms with Crippen LogP contribution >= 0.6 is 0 Å². The average molecular weight is 249 g/mol. The quantitative estimate of drug-likeness (QED) is 0.806. The SMILES string of the molecule is CCCCC(C)(OCC)c1ccccc1C(N)=O. The fourth-order valence-electron chi connectivity index (χ4n) is 2.28. The smallest absolute Gasteiger partial charge is 0.249 e. The molecular weight excluding hydrogens is 226 g/mol. The minimum Gasteiger partial charge on any atom is -0.371 e. The van der Waals surface area contributed by atoms with Gasteiger partial charge in [-0.25, -0.2) is 0 Å². The van der Waals surface area contributed by atoms with E-state index in [1.165, 1.54) is 0 Å². The van der Waals surface area contributed by atoms with Gasteiger partial charge < -0.3 is 10.5 Å². The zero-order valence-corrected chi connectivity index (χ0v) is 11.5. The fourth-order valence-corrected chi connectivity index (χ4v) is 2.28. The summed E-state index contributed by atoms with van der Waals surface area (Å²) in [4.78, 5) is 11.5. The standard InChI is InChI=1S/C15H23NO2/c1-4-6-11-15(3,18-5-2)13-10-8-7-9-12(13)14(16)17/h7-10H,4-6,11H2,1-3H3,(H2,16,17). The van der Waals surface area contributed by atoms with Crippen molar-refractivity contribution in [1.29, 1.82) is 0 Å². The van der Waals surface area contributed by atoms with Gasteiger partial charge in [0.1, 0.15) is 0 Å². The maximum absolute atomic E-state index is 11.5. The molecule has 18 heavy (non-hydrogen) atoms. The predicted molar refractivity (Wildman–Crippen MR) is 73.5 cm³/mol. The van der Waals surface area contributed by atoms with Crippen molar-refractivity contribution in [2.24, 2.45) is 5.73 Å². The van der Waals surface area contributed by atoms with Crippen molar-refractivity contribution in [3.05, 3.63) is 35.4 Å². The van der Waals surface area contributed by atoms with E-state index >= 15 is 0 Å². The monoisotopic (exact) mass is 249 g/mol. The minimum atomic E-state index is -0.434. The molecule has 3 nitrogen and oxygen atoms in total. The molecule has 100 valence electrons. The molecule has 1 aromatic rings. The van der Waals surface area contributed by atoms with Gasteiger partial charge in [0, 0.05) is 12.2 Å². The van der Waals surface area contributed by atoms with Crippen LogP contribution in [0.4, 0.5) is 0 Å². The molecule has 0 aromatic heterocycles. The second-order valence-electron chi connectivity index (χ2n) is 4.68. The summed E-state index contributed by atoms with van der Waals surface area (Å²) in [5.74, 6) is -0.395. The molecule has 0 saturated carbocycles. The first-order valence-corrected chi connectivity index (χ1v) is 6.58. The first-order chi connectivity index (χ1) is 8.55. The maximum Gasteiger partial charge on any atom is 0.249 e. The number of primary amides is 1. The number of rotatable bonds is 7. The largest absolute Gasteiger partial charge is 0.371 e. The van der Waals surface area contributed by atoms with Gasteiger partial charge in [-0.05, 0) is 31.9 Å². The van der Waals surface area contributed by atoms with E-state index in [1.54, 1.807) is 6.07 Å². The molecule has 1 unspecified atom stereocenters. The molecule has 1 aromatic carbocycles. The molecule has 2 N–H and O–H groups in total. The van der Waals surface area contributed by atoms with Crippen molar-refractivity contribution >= 4 is 5.91 Å². The lowest BCUT2D eigenvalue weighted by molar-refractivity contribution is -0.0377. The molecule has 0 aliphatic heterocycles. The molecule has 0 aliphatic rings. The Bertz CT molecular complexity index is 403. The number of unbranched alkanes of at least 4 members (excludes halogenated alkanes) is 1. The van der Waals surface area contributed by atoms with Gasteiger partial charge in [0.2, 0.25) is 5.91 Å². The van der Waals surface area contributed by atoms with Gasteiger partial charge in [0.25, 0.3) is 0 Å². The summed E-state index contributed by atoms with van der Waals surface area (Å²) in [6, 6.07) is 7.45. The molecule has 3 heteroatoms. The third-order valence-electron chi connectivity index (χ3n) is 3.23. The Morgan fingerprint density at radius 1 is 1.33 bits per heavy atom. The van der Waals surface area contributed by atoms with E-state index in [2.05, 4.69) is 6.92 Å². The highest BCUT2D eigenvalue weighted by atomic mass is 16.5. The van der Waals surface area contributed by atoms with Crippen LogP contribution in [-0.4, -0.2) is 12.5 Å². The van der Waals surface area contributed by atoms with Crippen molar-refractivity contribution in [1.82, 2.24) is 0 Å². The van der Waals surface area contributed by atoms with Gasteiger partial charge in [-0.3, -0.25) is 4.79 Å². The molecule has 0 aliphatic carbocycles. The number of carbonyl (C=O) groups excluding carboxylic acids is 1. The summed E-state index contributed by atoms with van der Waals surface area (Å²) in [5, 5.41) is 0. The van der Waals surface area contributed by atoms with Crippen molar-refractivity contribution in [3.63, 3.8) is 0 Å². The van der Waals surface area contributed by atoms with Gasteiger partial charge in [-0.1, -0.05) is 38.0 Å². The molecule has 1 rings (SSSR count). The predicted octanol–water partition coefficient (Wildman–Crippen LogP) is 3.23. The Kier molecular flexibility index (Phi) is 5.35. The van der Waals surface area contributed by atoms with Crippen LogP contribution in [0.3, 0.4) is 0 Å². The van der Waals surface area contributed by atoms with E-state index in [1.807, 2.05) is 32.0 Å². The molecule has 0 heterocycles. The number of benzene rings is 1. The summed E-state index contributed by atoms with van der Waals surface area (Å²) < 4.78 is 5.90. The van der Waals surface area contributed by atoms with Crippen LogP contribution in [0.5, 0.6) is 0 Å². The van der Waals surface area contributed by atoms with Gasteiger partial charge in [-0.15, -0.1) is 0 Å². The molecule has 1 amide bonds. The van der Waals surface area contributed by atoms with Crippen LogP contribution in [0.15, 0.2) is 24.3 Å². The van der Waals surface area contributed by atoms with Crippen molar-refractivity contribution < 1.29 is 9.53 Å². The normalized spacial score (nSPS) is 14.2. The average Bonchev–Trinajstić information content (AvgIpc) is 2.36. The Labute approximate surface area is 109 Å². The van der Waals surface area contributed by atoms with Crippen LogP contribution in [0.25, 0.3) is 0 Å². The lowest BCUT2D eigenvalue weighted by Crippen LogP contribution is -2.29. The maximum atomic E-state index is 11.5. The number of nitrogens with two attached hydrogens (primary N) is 1. The Hall–Kier alpha value is -1.35. The first kappa shape index (κ1) is 14.7. The van der Waals surface area contributed by atoms with Gasteiger partial charge >= 0.3 is 0 Å². The van der Waals surface area contributed by atoms with Crippen molar-refractivity contribution in [2.45, 2.75) is 45.6 Å². The fraction of sp³-hybridized carbons (Fsp3) is 0.533. The summed E-state index contributed by atoms with van der Waals surface area (Å²) in [6.45, 7) is 6.77. The van der Waals surface area contributed by atoms with Gasteiger partial charge in [0.15, 0.2) is 0 Å². The highest BCUT2D eigenvalue weighted by Gasteiger charge is 2.29. The summed E-state index contributed by atoms with van der Waals surface area (Å²) in [5.41, 5.74) is 6.46. The van der Waals surface area contributed by atoms with Crippen molar-refractivity contribution in [3.8, 4) is 0 Å². The van der Waals surface area contributed by atoms with Crippen LogP contribution in [-0.2, 0) is 10.3 Å². The summed E-state index contributed by atoms with van der Waals surface area (Å²) in [7, 11) is 0. The molecule has 0 radical (unpaired) electrons. The Morgan fingerprint density at radius 2 is 2.00 bits per heavy atom. The van der Waals surface area contributed by atoms with Gasteiger partial charge in [-0.2, -0.15) is 0 Å². The molecule has 1 atom stereocenters. The zero-order chi connectivity index (χ0) is 13.6. The zero-order valence-electron chi connectivity index (χ0n) is 11.5. The van der Waals surface area contributed by atoms with Crippen LogP contribution < -0.4 is 5.73 Å². The topological polar surface area (TPSA) is 52.3 Å². The van der Waals surface area contributed by atoms with E-state index in [0.29, 0.717) is 12.2 Å². The Morgan fingerprint density at radius 3 is 2.56 bits per heavy atom. The number of amides is 1. The van der Waals surface area contributed by atoms with E-state index in [4.69, 9.17) is 10.5 Å². The van der Waals surface area contributed by atoms with E-state index in [-0.39, 0.29) is 0 Å². The number of carbonyl (C=O) groups is 1. The summed E-state index contributed by atoms with van der Waals surface area (Å²) in [6.07, 6.45) is 3.05. The Balaban J connectivity index is 3.15. The van der Waals surface area contributed by atoms with E-state index in [9.17, 15) is 4.79 Å².